The van der Waals surface area contributed by atoms with Crippen LogP contribution in [0.25, 0.3) is 0 Å². The Balaban J connectivity index is 1.60. The monoisotopic (exact) mass is 472 g/mol. The zero-order valence-corrected chi connectivity index (χ0v) is 18.2. The van der Waals surface area contributed by atoms with E-state index in [1.54, 1.807) is 0 Å². The Morgan fingerprint density at radius 1 is 1.25 bits per heavy atom. The van der Waals surface area contributed by atoms with Crippen LogP contribution in [0, 0.1) is 24.4 Å². The van der Waals surface area contributed by atoms with Crippen molar-refractivity contribution in [1.29, 1.82) is 0 Å². The van der Waals surface area contributed by atoms with Crippen molar-refractivity contribution in [2.24, 2.45) is 0 Å². The number of halogens is 3. The molecule has 3 N–H and O–H groups in total. The van der Waals surface area contributed by atoms with Crippen molar-refractivity contribution in [1.82, 2.24) is 14.6 Å². The molecule has 3 rings (SSSR count). The van der Waals surface area contributed by atoms with Crippen LogP contribution in [-0.4, -0.2) is 52.6 Å². The zero-order valence-electron chi connectivity index (χ0n) is 17.3. The highest BCUT2D eigenvalue weighted by Crippen LogP contribution is 2.31. The lowest BCUT2D eigenvalue weighted by molar-refractivity contribution is 0.0693. The lowest BCUT2D eigenvalue weighted by Crippen LogP contribution is -2.32. The number of nitrogens with one attached hydrogen (secondary N) is 2. The Morgan fingerprint density at radius 3 is 2.66 bits per heavy atom. The Labute approximate surface area is 186 Å². The van der Waals surface area contributed by atoms with Crippen molar-refractivity contribution in [3.05, 3.63) is 40.2 Å². The summed E-state index contributed by atoms with van der Waals surface area (Å²) in [6.45, 7) is 3.82. The molecule has 8 nitrogen and oxygen atoms in total. The van der Waals surface area contributed by atoms with Crippen LogP contribution < -0.4 is 15.4 Å². The lowest BCUT2D eigenvalue weighted by Gasteiger charge is -2.14. The van der Waals surface area contributed by atoms with Crippen molar-refractivity contribution in [2.45, 2.75) is 32.8 Å². The predicted molar refractivity (Wildman–Crippen MR) is 112 cm³/mol. The van der Waals surface area contributed by atoms with Gasteiger partial charge in [-0.3, -0.25) is 5.32 Å². The molecule has 2 amide bonds. The van der Waals surface area contributed by atoms with E-state index in [9.17, 15) is 27.9 Å². The number of urea groups is 1. The number of ether oxygens (including phenoxy) is 1. The largest absolute Gasteiger partial charge is 0.477 e. The van der Waals surface area contributed by atoms with E-state index in [4.69, 9.17) is 4.74 Å². The number of carboxylic acid groups (broad SMARTS) is 1. The van der Waals surface area contributed by atoms with Crippen molar-refractivity contribution in [3.8, 4) is 5.88 Å². The summed E-state index contributed by atoms with van der Waals surface area (Å²) in [5.41, 5.74) is -1.36. The smallest absolute Gasteiger partial charge is 0.344 e. The van der Waals surface area contributed by atoms with Crippen molar-refractivity contribution in [3.63, 3.8) is 0 Å². The number of rotatable bonds is 9. The minimum Gasteiger partial charge on any atom is -0.477 e. The first kappa shape index (κ1) is 23.8. The van der Waals surface area contributed by atoms with E-state index in [2.05, 4.69) is 19.9 Å². The number of amides is 2. The molecular weight excluding hydrogens is 449 g/mol. The minimum atomic E-state index is -1.45. The molecule has 0 unspecified atom stereocenters. The highest BCUT2D eigenvalue weighted by Gasteiger charge is 2.25. The van der Waals surface area contributed by atoms with E-state index in [1.807, 2.05) is 0 Å². The number of likely N-dealkylation sites (tertiary alicyclic amines) is 1. The van der Waals surface area contributed by atoms with Gasteiger partial charge >= 0.3 is 12.0 Å². The molecular formula is C20H23F3N4O4S. The standard InChI is InChI=1S/C20H23F3N4O4S/c1-11-9-13(21)12(16(23)15(11)22)10-31-17-14(19(28)29)18(32-26-17)25-20(30)24-5-4-8-27-6-2-3-7-27/h9H,2-8,10H2,1H3,(H,28,29)(H2,24,25,30). The summed E-state index contributed by atoms with van der Waals surface area (Å²) < 4.78 is 50.7. The molecule has 32 heavy (non-hydrogen) atoms. The number of aromatic carboxylic acids is 1. The third-order valence-electron chi connectivity index (χ3n) is 5.03. The van der Waals surface area contributed by atoms with E-state index in [0.29, 0.717) is 18.1 Å². The number of carboxylic acids is 1. The SMILES string of the molecule is Cc1cc(F)c(COc2nsc(NC(=O)NCCCN3CCCC3)c2C(=O)O)c(F)c1F. The molecule has 0 radical (unpaired) electrons. The molecule has 1 aromatic carbocycles. The van der Waals surface area contributed by atoms with Crippen LogP contribution in [-0.2, 0) is 6.61 Å². The first-order chi connectivity index (χ1) is 15.3. The molecule has 1 aliphatic heterocycles. The number of carbonyl (C=O) groups is 2. The minimum absolute atomic E-state index is 0.0967. The number of aromatic nitrogens is 1. The molecule has 0 aliphatic carbocycles. The quantitative estimate of drug-likeness (QED) is 0.379. The van der Waals surface area contributed by atoms with Gasteiger partial charge in [0.15, 0.2) is 17.2 Å². The number of carbonyl (C=O) groups excluding carboxylic acids is 1. The summed E-state index contributed by atoms with van der Waals surface area (Å²) in [6, 6.07) is 0.207. The molecule has 1 aromatic heterocycles. The molecule has 1 fully saturated rings. The van der Waals surface area contributed by atoms with Crippen LogP contribution >= 0.6 is 11.5 Å². The molecule has 174 valence electrons. The van der Waals surface area contributed by atoms with Gasteiger partial charge < -0.3 is 20.1 Å². The summed E-state index contributed by atoms with van der Waals surface area (Å²) in [4.78, 5) is 26.0. The fourth-order valence-corrected chi connectivity index (χ4v) is 4.05. The van der Waals surface area contributed by atoms with Gasteiger partial charge in [-0.15, -0.1) is 0 Å². The van der Waals surface area contributed by atoms with Gasteiger partial charge in [0, 0.05) is 6.54 Å². The second-order valence-electron chi connectivity index (χ2n) is 7.35. The first-order valence-electron chi connectivity index (χ1n) is 10.0. The topological polar surface area (TPSA) is 104 Å². The zero-order chi connectivity index (χ0) is 23.3. The average molecular weight is 472 g/mol. The van der Waals surface area contributed by atoms with Gasteiger partial charge in [0.2, 0.25) is 5.88 Å². The van der Waals surface area contributed by atoms with E-state index in [-0.39, 0.29) is 10.6 Å². The highest BCUT2D eigenvalue weighted by molar-refractivity contribution is 7.11. The Bertz CT molecular complexity index is 996. The summed E-state index contributed by atoms with van der Waals surface area (Å²) in [6.07, 6.45) is 3.11. The van der Waals surface area contributed by atoms with Crippen LogP contribution in [0.15, 0.2) is 6.07 Å². The van der Waals surface area contributed by atoms with Gasteiger partial charge in [0.1, 0.15) is 17.4 Å². The summed E-state index contributed by atoms with van der Waals surface area (Å²) in [5.74, 6) is -5.55. The summed E-state index contributed by atoms with van der Waals surface area (Å²) in [7, 11) is 0. The van der Waals surface area contributed by atoms with Gasteiger partial charge in [-0.1, -0.05) is 0 Å². The van der Waals surface area contributed by atoms with E-state index in [0.717, 1.165) is 32.1 Å². The number of hydrogen-bond donors (Lipinski definition) is 3. The van der Waals surface area contributed by atoms with Gasteiger partial charge in [-0.25, -0.2) is 22.8 Å². The molecule has 2 aromatic rings. The maximum absolute atomic E-state index is 14.0. The molecule has 1 saturated heterocycles. The highest BCUT2D eigenvalue weighted by atomic mass is 32.1. The van der Waals surface area contributed by atoms with Crippen LogP contribution in [0.2, 0.25) is 0 Å². The Hall–Kier alpha value is -2.86. The summed E-state index contributed by atoms with van der Waals surface area (Å²) >= 11 is 0.644. The molecule has 0 spiro atoms. The third kappa shape index (κ3) is 5.68. The molecule has 0 atom stereocenters. The fraction of sp³-hybridized carbons (Fsp3) is 0.450. The van der Waals surface area contributed by atoms with Crippen molar-refractivity contribution >= 4 is 28.5 Å². The number of aryl methyl sites for hydroxylation is 1. The van der Waals surface area contributed by atoms with E-state index >= 15 is 0 Å². The van der Waals surface area contributed by atoms with Crippen LogP contribution in [0.3, 0.4) is 0 Å². The van der Waals surface area contributed by atoms with Crippen LogP contribution in [0.4, 0.5) is 23.0 Å². The number of anilines is 1. The predicted octanol–water partition coefficient (Wildman–Crippen LogP) is 3.75. The molecule has 2 heterocycles. The average Bonchev–Trinajstić information content (AvgIpc) is 3.39. The second kappa shape index (κ2) is 10.6. The number of hydrogen-bond acceptors (Lipinski definition) is 6. The third-order valence-corrected chi connectivity index (χ3v) is 5.77. The van der Waals surface area contributed by atoms with Crippen LogP contribution in [0.5, 0.6) is 5.88 Å². The number of benzene rings is 1. The summed E-state index contributed by atoms with van der Waals surface area (Å²) in [5, 5.41) is 14.4. The Kier molecular flexibility index (Phi) is 7.91. The van der Waals surface area contributed by atoms with Crippen molar-refractivity contribution in [2.75, 3.05) is 31.5 Å². The van der Waals surface area contributed by atoms with Gasteiger partial charge in [0.05, 0.1) is 5.56 Å². The van der Waals surface area contributed by atoms with Crippen LogP contribution in [0.1, 0.15) is 40.7 Å². The van der Waals surface area contributed by atoms with Gasteiger partial charge in [-0.05, 0) is 69.0 Å². The maximum Gasteiger partial charge on any atom is 0.344 e. The van der Waals surface area contributed by atoms with Crippen molar-refractivity contribution < 1.29 is 32.6 Å². The normalized spacial score (nSPS) is 13.9. The number of nitrogens with zero attached hydrogens (tertiary/aromatic N) is 2. The Morgan fingerprint density at radius 2 is 1.97 bits per heavy atom. The maximum atomic E-state index is 14.0. The first-order valence-corrected chi connectivity index (χ1v) is 10.8. The second-order valence-corrected chi connectivity index (χ2v) is 8.12. The fourth-order valence-electron chi connectivity index (χ4n) is 3.33. The molecule has 1 aliphatic rings. The van der Waals surface area contributed by atoms with E-state index in [1.165, 1.54) is 19.8 Å². The molecule has 0 bridgehead atoms. The van der Waals surface area contributed by atoms with Gasteiger partial charge in [0.25, 0.3) is 0 Å². The lowest BCUT2D eigenvalue weighted by atomic mass is 10.1. The van der Waals surface area contributed by atoms with E-state index < -0.39 is 53.1 Å². The molecule has 0 saturated carbocycles. The van der Waals surface area contributed by atoms with Gasteiger partial charge in [-0.2, -0.15) is 4.37 Å². The molecule has 12 heteroatoms.